The van der Waals surface area contributed by atoms with Gasteiger partial charge in [0.25, 0.3) is 0 Å². The standard InChI is InChI=1S/C10H20N2O3/c1-10(2,3)15-9(14)12-7-4-8(13)6-11-5-7/h7-8,11,13H,4-6H2,1-3H3,(H,12,14)/t7-,8-/m0/s1. The lowest BCUT2D eigenvalue weighted by Gasteiger charge is -2.28. The second kappa shape index (κ2) is 4.81. The van der Waals surface area contributed by atoms with E-state index >= 15 is 0 Å². The highest BCUT2D eigenvalue weighted by Crippen LogP contribution is 2.08. The van der Waals surface area contributed by atoms with Gasteiger partial charge < -0.3 is 20.5 Å². The van der Waals surface area contributed by atoms with E-state index in [-0.39, 0.29) is 6.04 Å². The van der Waals surface area contributed by atoms with Crippen LogP contribution in [0.3, 0.4) is 0 Å². The fraction of sp³-hybridized carbons (Fsp3) is 0.900. The quantitative estimate of drug-likeness (QED) is 0.587. The van der Waals surface area contributed by atoms with Crippen molar-refractivity contribution in [3.63, 3.8) is 0 Å². The van der Waals surface area contributed by atoms with Crippen LogP contribution in [-0.4, -0.2) is 42.0 Å². The van der Waals surface area contributed by atoms with E-state index in [1.165, 1.54) is 0 Å². The SMILES string of the molecule is CC(C)(C)OC(=O)N[C@@H]1CNC[C@@H](O)C1. The maximum atomic E-state index is 11.4. The van der Waals surface area contributed by atoms with Crippen molar-refractivity contribution in [2.45, 2.75) is 44.9 Å². The molecule has 3 N–H and O–H groups in total. The summed E-state index contributed by atoms with van der Waals surface area (Å²) in [5.74, 6) is 0. The second-order valence-electron chi connectivity index (χ2n) is 4.89. The van der Waals surface area contributed by atoms with Crippen molar-refractivity contribution < 1.29 is 14.6 Å². The summed E-state index contributed by atoms with van der Waals surface area (Å²) in [5.41, 5.74) is -0.481. The molecule has 15 heavy (non-hydrogen) atoms. The minimum absolute atomic E-state index is 0.0522. The zero-order valence-electron chi connectivity index (χ0n) is 9.54. The number of hydrogen-bond donors (Lipinski definition) is 3. The van der Waals surface area contributed by atoms with Crippen LogP contribution in [0.25, 0.3) is 0 Å². The lowest BCUT2D eigenvalue weighted by Crippen LogP contribution is -2.51. The molecule has 2 atom stereocenters. The summed E-state index contributed by atoms with van der Waals surface area (Å²) in [6.07, 6.45) is -0.242. The van der Waals surface area contributed by atoms with Crippen molar-refractivity contribution in [2.75, 3.05) is 13.1 Å². The second-order valence-corrected chi connectivity index (χ2v) is 4.89. The normalized spacial score (nSPS) is 27.2. The summed E-state index contributed by atoms with van der Waals surface area (Å²) in [4.78, 5) is 11.4. The minimum Gasteiger partial charge on any atom is -0.444 e. The molecule has 1 fully saturated rings. The number of aliphatic hydroxyl groups is 1. The molecule has 0 unspecified atom stereocenters. The average molecular weight is 216 g/mol. The van der Waals surface area contributed by atoms with Gasteiger partial charge in [0.15, 0.2) is 0 Å². The monoisotopic (exact) mass is 216 g/mol. The van der Waals surface area contributed by atoms with E-state index in [2.05, 4.69) is 10.6 Å². The number of rotatable bonds is 1. The topological polar surface area (TPSA) is 70.6 Å². The molecule has 0 radical (unpaired) electrons. The van der Waals surface area contributed by atoms with E-state index in [1.54, 1.807) is 0 Å². The molecular formula is C10H20N2O3. The van der Waals surface area contributed by atoms with E-state index in [9.17, 15) is 9.90 Å². The van der Waals surface area contributed by atoms with Crippen LogP contribution in [0, 0.1) is 0 Å². The van der Waals surface area contributed by atoms with Gasteiger partial charge in [-0.25, -0.2) is 4.79 Å². The molecule has 0 bridgehead atoms. The van der Waals surface area contributed by atoms with Crippen molar-refractivity contribution in [1.82, 2.24) is 10.6 Å². The molecule has 1 heterocycles. The summed E-state index contributed by atoms with van der Waals surface area (Å²) in [6.45, 7) is 6.73. The number of carbonyl (C=O) groups excluding carboxylic acids is 1. The van der Waals surface area contributed by atoms with E-state index in [0.29, 0.717) is 19.5 Å². The lowest BCUT2D eigenvalue weighted by molar-refractivity contribution is 0.0463. The van der Waals surface area contributed by atoms with E-state index in [0.717, 1.165) is 0 Å². The summed E-state index contributed by atoms with van der Waals surface area (Å²) in [6, 6.07) is -0.0522. The van der Waals surface area contributed by atoms with E-state index in [4.69, 9.17) is 4.74 Å². The Labute approximate surface area is 90.2 Å². The molecule has 0 aromatic heterocycles. The van der Waals surface area contributed by atoms with Gasteiger partial charge in [-0.05, 0) is 27.2 Å². The molecule has 0 aromatic rings. The molecule has 5 nitrogen and oxygen atoms in total. The van der Waals surface area contributed by atoms with Gasteiger partial charge >= 0.3 is 6.09 Å². The molecule has 0 aliphatic carbocycles. The first-order valence-electron chi connectivity index (χ1n) is 5.25. The van der Waals surface area contributed by atoms with Crippen molar-refractivity contribution in [1.29, 1.82) is 0 Å². The number of amides is 1. The van der Waals surface area contributed by atoms with Crippen LogP contribution in [0.5, 0.6) is 0 Å². The highest BCUT2D eigenvalue weighted by atomic mass is 16.6. The molecule has 1 rings (SSSR count). The van der Waals surface area contributed by atoms with Crippen LogP contribution in [0.15, 0.2) is 0 Å². The number of aliphatic hydroxyl groups excluding tert-OH is 1. The Bertz CT molecular complexity index is 225. The van der Waals surface area contributed by atoms with Gasteiger partial charge in [-0.15, -0.1) is 0 Å². The number of alkyl carbamates (subject to hydrolysis) is 1. The molecule has 0 spiro atoms. The summed E-state index contributed by atoms with van der Waals surface area (Å²) < 4.78 is 5.12. The largest absolute Gasteiger partial charge is 0.444 e. The molecule has 1 amide bonds. The Morgan fingerprint density at radius 2 is 2.13 bits per heavy atom. The number of nitrogens with one attached hydrogen (secondary N) is 2. The minimum atomic E-state index is -0.481. The Morgan fingerprint density at radius 3 is 2.67 bits per heavy atom. The first-order valence-corrected chi connectivity index (χ1v) is 5.25. The predicted octanol–water partition coefficient (Wildman–Crippen LogP) is 0.234. The van der Waals surface area contributed by atoms with Crippen LogP contribution in [0.1, 0.15) is 27.2 Å². The van der Waals surface area contributed by atoms with Crippen LogP contribution in [0.4, 0.5) is 4.79 Å². The fourth-order valence-corrected chi connectivity index (χ4v) is 1.50. The fourth-order valence-electron chi connectivity index (χ4n) is 1.50. The summed E-state index contributed by atoms with van der Waals surface area (Å²) in [5, 5.41) is 15.1. The summed E-state index contributed by atoms with van der Waals surface area (Å²) in [7, 11) is 0. The number of piperidine rings is 1. The number of β-amino-alcohol motifs (C(OH)–C–C–N with tert-alkyl or cyclic N) is 1. The first kappa shape index (κ1) is 12.3. The van der Waals surface area contributed by atoms with Crippen LogP contribution < -0.4 is 10.6 Å². The third-order valence-electron chi connectivity index (χ3n) is 2.05. The Kier molecular flexibility index (Phi) is 3.93. The molecule has 0 saturated carbocycles. The number of ether oxygens (including phenoxy) is 1. The van der Waals surface area contributed by atoms with Crippen molar-refractivity contribution in [2.24, 2.45) is 0 Å². The maximum absolute atomic E-state index is 11.4. The van der Waals surface area contributed by atoms with Crippen molar-refractivity contribution in [3.8, 4) is 0 Å². The molecule has 5 heteroatoms. The Morgan fingerprint density at radius 1 is 1.47 bits per heavy atom. The van der Waals surface area contributed by atoms with E-state index in [1.807, 2.05) is 20.8 Å². The molecule has 88 valence electrons. The van der Waals surface area contributed by atoms with Gasteiger partial charge in [0.1, 0.15) is 5.60 Å². The molecule has 1 saturated heterocycles. The van der Waals surface area contributed by atoms with Gasteiger partial charge in [-0.2, -0.15) is 0 Å². The van der Waals surface area contributed by atoms with Crippen LogP contribution in [-0.2, 0) is 4.74 Å². The average Bonchev–Trinajstić information content (AvgIpc) is 1.99. The van der Waals surface area contributed by atoms with Gasteiger partial charge in [0.2, 0.25) is 0 Å². The smallest absolute Gasteiger partial charge is 0.407 e. The molecule has 1 aliphatic heterocycles. The maximum Gasteiger partial charge on any atom is 0.407 e. The third-order valence-corrected chi connectivity index (χ3v) is 2.05. The summed E-state index contributed by atoms with van der Waals surface area (Å²) >= 11 is 0. The first-order chi connectivity index (χ1) is 6.87. The van der Waals surface area contributed by atoms with Crippen LogP contribution in [0.2, 0.25) is 0 Å². The zero-order valence-corrected chi connectivity index (χ0v) is 9.54. The zero-order chi connectivity index (χ0) is 11.5. The highest BCUT2D eigenvalue weighted by Gasteiger charge is 2.23. The predicted molar refractivity (Wildman–Crippen MR) is 56.7 cm³/mol. The number of hydrogen-bond acceptors (Lipinski definition) is 4. The molecule has 0 aromatic carbocycles. The van der Waals surface area contributed by atoms with Gasteiger partial charge in [0, 0.05) is 19.1 Å². The Hall–Kier alpha value is -0.810. The molecule has 1 aliphatic rings. The third kappa shape index (κ3) is 4.99. The number of carbonyl (C=O) groups is 1. The van der Waals surface area contributed by atoms with Gasteiger partial charge in [-0.3, -0.25) is 0 Å². The molecular weight excluding hydrogens is 196 g/mol. The van der Waals surface area contributed by atoms with Crippen molar-refractivity contribution >= 4 is 6.09 Å². The Balaban J connectivity index is 2.31. The highest BCUT2D eigenvalue weighted by molar-refractivity contribution is 5.68. The van der Waals surface area contributed by atoms with E-state index < -0.39 is 17.8 Å². The van der Waals surface area contributed by atoms with Crippen LogP contribution >= 0.6 is 0 Å². The van der Waals surface area contributed by atoms with Crippen molar-refractivity contribution in [3.05, 3.63) is 0 Å². The lowest BCUT2D eigenvalue weighted by atomic mass is 10.1. The van der Waals surface area contributed by atoms with Gasteiger partial charge in [0.05, 0.1) is 6.10 Å². The van der Waals surface area contributed by atoms with Gasteiger partial charge in [-0.1, -0.05) is 0 Å².